The summed E-state index contributed by atoms with van der Waals surface area (Å²) in [4.78, 5) is 0. The van der Waals surface area contributed by atoms with Crippen LogP contribution in [-0.2, 0) is 6.42 Å². The van der Waals surface area contributed by atoms with Crippen molar-refractivity contribution in [2.24, 2.45) is 0 Å². The van der Waals surface area contributed by atoms with Crippen LogP contribution < -0.4 is 5.32 Å². The Morgan fingerprint density at radius 2 is 1.95 bits per heavy atom. The lowest BCUT2D eigenvalue weighted by Crippen LogP contribution is -2.22. The van der Waals surface area contributed by atoms with Crippen LogP contribution >= 0.6 is 11.6 Å². The van der Waals surface area contributed by atoms with Crippen molar-refractivity contribution in [2.75, 3.05) is 6.54 Å². The third kappa shape index (κ3) is 3.74. The maximum Gasteiger partial charge on any atom is 0.125 e. The first-order valence-corrected chi connectivity index (χ1v) is 6.74. The number of halogens is 1. The first-order valence-electron chi connectivity index (χ1n) is 6.36. The Bertz CT molecular complexity index is 608. The Hall–Kier alpha value is -2.02. The predicted octanol–water partition coefficient (Wildman–Crippen LogP) is 3.44. The van der Waals surface area contributed by atoms with Gasteiger partial charge in [-0.1, -0.05) is 41.9 Å². The van der Waals surface area contributed by atoms with Gasteiger partial charge in [-0.15, -0.1) is 0 Å². The standard InChI is InChI=1S/C16H15ClN2O/c17-13-6-7-16(20)14(10-13)15(11-18)19-9-8-12-4-2-1-3-5-12/h1-7,10,15,19-20H,8-9H2. The molecule has 1 atom stereocenters. The van der Waals surface area contributed by atoms with E-state index in [1.807, 2.05) is 30.3 Å². The van der Waals surface area contributed by atoms with Crippen LogP contribution in [0.15, 0.2) is 48.5 Å². The summed E-state index contributed by atoms with van der Waals surface area (Å²) >= 11 is 5.90. The molecule has 20 heavy (non-hydrogen) atoms. The fraction of sp³-hybridized carbons (Fsp3) is 0.188. The highest BCUT2D eigenvalue weighted by molar-refractivity contribution is 6.30. The molecule has 0 aromatic heterocycles. The molecule has 1 unspecified atom stereocenters. The first-order chi connectivity index (χ1) is 9.70. The molecule has 0 spiro atoms. The van der Waals surface area contributed by atoms with E-state index in [1.165, 1.54) is 11.6 Å². The normalized spacial score (nSPS) is 11.8. The van der Waals surface area contributed by atoms with Gasteiger partial charge in [0, 0.05) is 17.1 Å². The maximum atomic E-state index is 9.80. The van der Waals surface area contributed by atoms with Gasteiger partial charge in [0.05, 0.1) is 6.07 Å². The zero-order chi connectivity index (χ0) is 14.4. The number of aromatic hydroxyl groups is 1. The summed E-state index contributed by atoms with van der Waals surface area (Å²) in [6.07, 6.45) is 0.820. The predicted molar refractivity (Wildman–Crippen MR) is 79.6 cm³/mol. The van der Waals surface area contributed by atoms with Gasteiger partial charge in [0.1, 0.15) is 11.8 Å². The number of hydrogen-bond acceptors (Lipinski definition) is 3. The minimum atomic E-state index is -0.572. The van der Waals surface area contributed by atoms with E-state index < -0.39 is 6.04 Å². The second-order valence-corrected chi connectivity index (χ2v) is 4.89. The molecule has 0 fully saturated rings. The van der Waals surface area contributed by atoms with Crippen molar-refractivity contribution in [1.82, 2.24) is 5.32 Å². The van der Waals surface area contributed by atoms with Gasteiger partial charge < -0.3 is 5.11 Å². The monoisotopic (exact) mass is 286 g/mol. The lowest BCUT2D eigenvalue weighted by molar-refractivity contribution is 0.460. The van der Waals surface area contributed by atoms with E-state index in [2.05, 4.69) is 11.4 Å². The zero-order valence-corrected chi connectivity index (χ0v) is 11.6. The molecule has 0 heterocycles. The van der Waals surface area contributed by atoms with Crippen molar-refractivity contribution < 1.29 is 5.11 Å². The molecule has 2 N–H and O–H groups in total. The van der Waals surface area contributed by atoms with Crippen molar-refractivity contribution in [3.05, 3.63) is 64.7 Å². The highest BCUT2D eigenvalue weighted by Crippen LogP contribution is 2.27. The molecule has 0 saturated heterocycles. The van der Waals surface area contributed by atoms with Crippen molar-refractivity contribution >= 4 is 11.6 Å². The SMILES string of the molecule is N#CC(NCCc1ccccc1)c1cc(Cl)ccc1O. The largest absolute Gasteiger partial charge is 0.508 e. The topological polar surface area (TPSA) is 56.0 Å². The smallest absolute Gasteiger partial charge is 0.125 e. The van der Waals surface area contributed by atoms with Gasteiger partial charge in [0.2, 0.25) is 0 Å². The summed E-state index contributed by atoms with van der Waals surface area (Å²) in [7, 11) is 0. The molecule has 0 saturated carbocycles. The lowest BCUT2D eigenvalue weighted by atomic mass is 10.1. The van der Waals surface area contributed by atoms with E-state index in [0.29, 0.717) is 17.1 Å². The van der Waals surface area contributed by atoms with E-state index in [4.69, 9.17) is 11.6 Å². The summed E-state index contributed by atoms with van der Waals surface area (Å²) in [5.74, 6) is 0.0770. The zero-order valence-electron chi connectivity index (χ0n) is 10.9. The van der Waals surface area contributed by atoms with E-state index >= 15 is 0 Å². The van der Waals surface area contributed by atoms with Crippen molar-refractivity contribution in [3.8, 4) is 11.8 Å². The van der Waals surface area contributed by atoms with E-state index in [1.54, 1.807) is 12.1 Å². The summed E-state index contributed by atoms with van der Waals surface area (Å²) in [5, 5.41) is 22.7. The van der Waals surface area contributed by atoms with E-state index in [-0.39, 0.29) is 5.75 Å². The molecule has 0 amide bonds. The third-order valence-electron chi connectivity index (χ3n) is 3.03. The Balaban J connectivity index is 1.99. The van der Waals surface area contributed by atoms with Crippen LogP contribution in [-0.4, -0.2) is 11.7 Å². The second kappa shape index (κ2) is 6.95. The van der Waals surface area contributed by atoms with E-state index in [9.17, 15) is 10.4 Å². The van der Waals surface area contributed by atoms with Gasteiger partial charge in [0.15, 0.2) is 0 Å². The summed E-state index contributed by atoms with van der Waals surface area (Å²) in [6.45, 7) is 0.647. The highest BCUT2D eigenvalue weighted by Gasteiger charge is 2.14. The Morgan fingerprint density at radius 1 is 1.20 bits per heavy atom. The number of phenols is 1. The highest BCUT2D eigenvalue weighted by atomic mass is 35.5. The molecule has 0 aliphatic heterocycles. The number of nitrogens with zero attached hydrogens (tertiary/aromatic N) is 1. The Morgan fingerprint density at radius 3 is 2.65 bits per heavy atom. The molecular formula is C16H15ClN2O. The molecule has 2 aromatic rings. The van der Waals surface area contributed by atoms with Gasteiger partial charge >= 0.3 is 0 Å². The molecule has 102 valence electrons. The van der Waals surface area contributed by atoms with Crippen molar-refractivity contribution in [2.45, 2.75) is 12.5 Å². The number of nitriles is 1. The van der Waals surface area contributed by atoms with Crippen LogP contribution in [0, 0.1) is 11.3 Å². The van der Waals surface area contributed by atoms with Gasteiger partial charge in [0.25, 0.3) is 0 Å². The minimum absolute atomic E-state index is 0.0770. The number of rotatable bonds is 5. The lowest BCUT2D eigenvalue weighted by Gasteiger charge is -2.13. The fourth-order valence-corrected chi connectivity index (χ4v) is 2.17. The summed E-state index contributed by atoms with van der Waals surface area (Å²) in [6, 6.07) is 16.3. The van der Waals surface area contributed by atoms with Crippen molar-refractivity contribution in [3.63, 3.8) is 0 Å². The first kappa shape index (κ1) is 14.4. The molecule has 0 radical (unpaired) electrons. The van der Waals surface area contributed by atoms with Crippen molar-refractivity contribution in [1.29, 1.82) is 5.26 Å². The fourth-order valence-electron chi connectivity index (χ4n) is 1.99. The molecular weight excluding hydrogens is 272 g/mol. The minimum Gasteiger partial charge on any atom is -0.508 e. The van der Waals surface area contributed by atoms with Gasteiger partial charge in [-0.3, -0.25) is 5.32 Å². The summed E-state index contributed by atoms with van der Waals surface area (Å²) < 4.78 is 0. The van der Waals surface area contributed by atoms with Crippen LogP contribution in [0.5, 0.6) is 5.75 Å². The second-order valence-electron chi connectivity index (χ2n) is 4.45. The van der Waals surface area contributed by atoms with Gasteiger partial charge in [-0.2, -0.15) is 5.26 Å². The van der Waals surface area contributed by atoms with Crippen LogP contribution in [0.2, 0.25) is 5.02 Å². The molecule has 2 rings (SSSR count). The quantitative estimate of drug-likeness (QED) is 0.885. The van der Waals surface area contributed by atoms with Crippen LogP contribution in [0.3, 0.4) is 0 Å². The van der Waals surface area contributed by atoms with E-state index in [0.717, 1.165) is 6.42 Å². The molecule has 2 aromatic carbocycles. The maximum absolute atomic E-state index is 9.80. The number of hydrogen-bond donors (Lipinski definition) is 2. The number of phenolic OH excluding ortho intramolecular Hbond substituents is 1. The molecule has 0 aliphatic rings. The third-order valence-corrected chi connectivity index (χ3v) is 3.27. The average Bonchev–Trinajstić information content (AvgIpc) is 2.48. The van der Waals surface area contributed by atoms with Crippen LogP contribution in [0.25, 0.3) is 0 Å². The average molecular weight is 287 g/mol. The number of nitrogens with one attached hydrogen (secondary N) is 1. The van der Waals surface area contributed by atoms with Gasteiger partial charge in [-0.25, -0.2) is 0 Å². The van der Waals surface area contributed by atoms with Crippen LogP contribution in [0.4, 0.5) is 0 Å². The Labute approximate surface area is 123 Å². The molecule has 0 aliphatic carbocycles. The molecule has 4 heteroatoms. The van der Waals surface area contributed by atoms with Gasteiger partial charge in [-0.05, 0) is 30.2 Å². The number of benzene rings is 2. The summed E-state index contributed by atoms with van der Waals surface area (Å²) in [5.41, 5.74) is 1.71. The molecule has 3 nitrogen and oxygen atoms in total. The molecule has 0 bridgehead atoms. The van der Waals surface area contributed by atoms with Crippen LogP contribution in [0.1, 0.15) is 17.2 Å². The Kier molecular flexibility index (Phi) is 5.00.